The third kappa shape index (κ3) is 4.73. The fourth-order valence-electron chi connectivity index (χ4n) is 3.04. The minimum atomic E-state index is -1.05. The second-order valence-electron chi connectivity index (χ2n) is 6.67. The van der Waals surface area contributed by atoms with Crippen LogP contribution in [0.15, 0.2) is 48.8 Å². The van der Waals surface area contributed by atoms with E-state index in [9.17, 15) is 9.90 Å². The van der Waals surface area contributed by atoms with Gasteiger partial charge >= 0.3 is 0 Å². The van der Waals surface area contributed by atoms with Crippen LogP contribution in [-0.2, 0) is 4.79 Å². The molecule has 1 aliphatic rings. The predicted octanol–water partition coefficient (Wildman–Crippen LogP) is 2.20. The Hall–Kier alpha value is -2.60. The van der Waals surface area contributed by atoms with E-state index < -0.39 is 5.60 Å². The highest BCUT2D eigenvalue weighted by atomic mass is 16.5. The number of nitrogens with zero attached hydrogens (tertiary/aromatic N) is 2. The van der Waals surface area contributed by atoms with Gasteiger partial charge in [-0.25, -0.2) is 0 Å². The number of hydrogen-bond donors (Lipinski definition) is 1. The maximum absolute atomic E-state index is 12.4. The summed E-state index contributed by atoms with van der Waals surface area (Å²) in [5, 5.41) is 10.9. The maximum Gasteiger partial charge on any atom is 0.260 e. The molecule has 2 heterocycles. The second-order valence-corrected chi connectivity index (χ2v) is 6.67. The van der Waals surface area contributed by atoms with E-state index in [4.69, 9.17) is 9.47 Å². The molecule has 2 aromatic rings. The van der Waals surface area contributed by atoms with Crippen LogP contribution in [0.4, 0.5) is 0 Å². The van der Waals surface area contributed by atoms with Gasteiger partial charge in [-0.3, -0.25) is 9.78 Å². The quantitative estimate of drug-likeness (QED) is 0.859. The lowest BCUT2D eigenvalue weighted by Gasteiger charge is -2.38. The first-order valence-corrected chi connectivity index (χ1v) is 8.77. The molecule has 0 radical (unpaired) electrons. The minimum absolute atomic E-state index is 0.0690. The number of likely N-dealkylation sites (tertiary alicyclic amines) is 1. The summed E-state index contributed by atoms with van der Waals surface area (Å²) < 4.78 is 11.3. The van der Waals surface area contributed by atoms with Crippen molar-refractivity contribution in [1.29, 1.82) is 0 Å². The van der Waals surface area contributed by atoms with Crippen LogP contribution >= 0.6 is 0 Å². The highest BCUT2D eigenvalue weighted by Gasteiger charge is 2.36. The topological polar surface area (TPSA) is 71.9 Å². The van der Waals surface area contributed by atoms with Crippen molar-refractivity contribution in [3.8, 4) is 11.5 Å². The SMILES string of the molecule is Cc1ccccc1OCC1(O)CCCN(C(=O)COc2cccnc2)C1. The van der Waals surface area contributed by atoms with Crippen LogP contribution < -0.4 is 9.47 Å². The van der Waals surface area contributed by atoms with E-state index in [-0.39, 0.29) is 25.7 Å². The Bertz CT molecular complexity index is 738. The number of aryl methyl sites for hydroxylation is 1. The average molecular weight is 356 g/mol. The lowest BCUT2D eigenvalue weighted by Crippen LogP contribution is -2.54. The van der Waals surface area contributed by atoms with Crippen molar-refractivity contribution in [3.63, 3.8) is 0 Å². The average Bonchev–Trinajstić information content (AvgIpc) is 2.66. The van der Waals surface area contributed by atoms with E-state index in [2.05, 4.69) is 4.98 Å². The number of hydrogen-bond acceptors (Lipinski definition) is 5. The van der Waals surface area contributed by atoms with Gasteiger partial charge in [0.2, 0.25) is 0 Å². The van der Waals surface area contributed by atoms with Crippen molar-refractivity contribution in [3.05, 3.63) is 54.4 Å². The van der Waals surface area contributed by atoms with Crippen LogP contribution in [0, 0.1) is 6.92 Å². The molecule has 0 aliphatic carbocycles. The Balaban J connectivity index is 1.54. The van der Waals surface area contributed by atoms with Crippen LogP contribution in [0.2, 0.25) is 0 Å². The van der Waals surface area contributed by atoms with Gasteiger partial charge in [-0.05, 0) is 43.5 Å². The summed E-state index contributed by atoms with van der Waals surface area (Å²) in [6, 6.07) is 11.2. The normalized spacial score (nSPS) is 19.8. The molecule has 1 atom stereocenters. The van der Waals surface area contributed by atoms with Crippen molar-refractivity contribution in [2.75, 3.05) is 26.3 Å². The monoisotopic (exact) mass is 356 g/mol. The number of aromatic nitrogens is 1. The van der Waals surface area contributed by atoms with Crippen molar-refractivity contribution in [2.24, 2.45) is 0 Å². The summed E-state index contributed by atoms with van der Waals surface area (Å²) in [4.78, 5) is 18.0. The molecular formula is C20H24N2O4. The van der Waals surface area contributed by atoms with Gasteiger partial charge in [-0.15, -0.1) is 0 Å². The summed E-state index contributed by atoms with van der Waals surface area (Å²) in [7, 11) is 0. The number of rotatable bonds is 6. The number of carbonyl (C=O) groups excluding carboxylic acids is 1. The molecule has 0 spiro atoms. The first-order valence-electron chi connectivity index (χ1n) is 8.77. The van der Waals surface area contributed by atoms with E-state index in [1.807, 2.05) is 31.2 Å². The van der Waals surface area contributed by atoms with Gasteiger partial charge < -0.3 is 19.5 Å². The zero-order valence-corrected chi connectivity index (χ0v) is 14.9. The Morgan fingerprint density at radius 2 is 2.12 bits per heavy atom. The Morgan fingerprint density at radius 1 is 1.27 bits per heavy atom. The number of amides is 1. The molecule has 1 aromatic heterocycles. The molecular weight excluding hydrogens is 332 g/mol. The van der Waals surface area contributed by atoms with Gasteiger partial charge in [0.1, 0.15) is 23.7 Å². The molecule has 1 fully saturated rings. The molecule has 3 rings (SSSR count). The standard InChI is InChI=1S/C20H24N2O4/c1-16-6-2-3-8-18(16)26-15-20(24)9-5-11-22(14-20)19(23)13-25-17-7-4-10-21-12-17/h2-4,6-8,10,12,24H,5,9,11,13-15H2,1H3. The van der Waals surface area contributed by atoms with Crippen LogP contribution in [0.25, 0.3) is 0 Å². The first kappa shape index (κ1) is 18.2. The molecule has 1 N–H and O–H groups in total. The van der Waals surface area contributed by atoms with E-state index in [1.165, 1.54) is 0 Å². The molecule has 26 heavy (non-hydrogen) atoms. The van der Waals surface area contributed by atoms with E-state index >= 15 is 0 Å². The number of ether oxygens (including phenoxy) is 2. The van der Waals surface area contributed by atoms with Crippen molar-refractivity contribution in [2.45, 2.75) is 25.4 Å². The predicted molar refractivity (Wildman–Crippen MR) is 97.2 cm³/mol. The number of carbonyl (C=O) groups is 1. The summed E-state index contributed by atoms with van der Waals surface area (Å²) in [6.45, 7) is 2.91. The van der Waals surface area contributed by atoms with E-state index in [0.29, 0.717) is 18.7 Å². The number of piperidine rings is 1. The number of aliphatic hydroxyl groups is 1. The Morgan fingerprint density at radius 3 is 2.88 bits per heavy atom. The van der Waals surface area contributed by atoms with Gasteiger partial charge in [0, 0.05) is 12.7 Å². The van der Waals surface area contributed by atoms with Gasteiger partial charge in [0.15, 0.2) is 6.61 Å². The lowest BCUT2D eigenvalue weighted by molar-refractivity contribution is -0.142. The first-order chi connectivity index (χ1) is 12.6. The van der Waals surface area contributed by atoms with E-state index in [0.717, 1.165) is 17.7 Å². The lowest BCUT2D eigenvalue weighted by atomic mass is 9.93. The fourth-order valence-corrected chi connectivity index (χ4v) is 3.04. The van der Waals surface area contributed by atoms with Crippen molar-refractivity contribution >= 4 is 5.91 Å². The second kappa shape index (κ2) is 8.19. The van der Waals surface area contributed by atoms with E-state index in [1.54, 1.807) is 29.4 Å². The molecule has 0 saturated carbocycles. The molecule has 138 valence electrons. The Kier molecular flexibility index (Phi) is 5.73. The van der Waals surface area contributed by atoms with Crippen molar-refractivity contribution in [1.82, 2.24) is 9.88 Å². The Labute approximate surface area is 153 Å². The molecule has 1 unspecified atom stereocenters. The largest absolute Gasteiger partial charge is 0.490 e. The van der Waals surface area contributed by atoms with Crippen LogP contribution in [0.3, 0.4) is 0 Å². The summed E-state index contributed by atoms with van der Waals surface area (Å²) in [5.41, 5.74) is -0.0328. The molecule has 1 amide bonds. The molecule has 6 nitrogen and oxygen atoms in total. The number of para-hydroxylation sites is 1. The molecule has 1 aliphatic heterocycles. The van der Waals surface area contributed by atoms with Crippen molar-refractivity contribution < 1.29 is 19.4 Å². The third-order valence-electron chi connectivity index (χ3n) is 4.49. The van der Waals surface area contributed by atoms with Gasteiger partial charge in [0.25, 0.3) is 5.91 Å². The minimum Gasteiger partial charge on any atom is -0.490 e. The van der Waals surface area contributed by atoms with Gasteiger partial charge in [0.05, 0.1) is 12.7 Å². The number of pyridine rings is 1. The van der Waals surface area contributed by atoms with Gasteiger partial charge in [-0.1, -0.05) is 18.2 Å². The maximum atomic E-state index is 12.4. The summed E-state index contributed by atoms with van der Waals surface area (Å²) >= 11 is 0. The number of benzene rings is 1. The third-order valence-corrected chi connectivity index (χ3v) is 4.49. The molecule has 1 saturated heterocycles. The highest BCUT2D eigenvalue weighted by Crippen LogP contribution is 2.24. The smallest absolute Gasteiger partial charge is 0.260 e. The fraction of sp³-hybridized carbons (Fsp3) is 0.400. The van der Waals surface area contributed by atoms with Crippen LogP contribution in [-0.4, -0.2) is 52.8 Å². The zero-order chi connectivity index (χ0) is 18.4. The highest BCUT2D eigenvalue weighted by molar-refractivity contribution is 5.78. The molecule has 0 bridgehead atoms. The zero-order valence-electron chi connectivity index (χ0n) is 14.9. The molecule has 6 heteroatoms. The van der Waals surface area contributed by atoms with Crippen LogP contribution in [0.1, 0.15) is 18.4 Å². The summed E-state index contributed by atoms with van der Waals surface area (Å²) in [6.07, 6.45) is 4.54. The van der Waals surface area contributed by atoms with Gasteiger partial charge in [-0.2, -0.15) is 0 Å². The van der Waals surface area contributed by atoms with Crippen LogP contribution in [0.5, 0.6) is 11.5 Å². The summed E-state index contributed by atoms with van der Waals surface area (Å²) in [5.74, 6) is 1.16. The molecule has 1 aromatic carbocycles. The number of β-amino-alcohol motifs (C(OH)–C–C–N with tert-alkyl or cyclic N) is 1.